The zero-order chi connectivity index (χ0) is 56.5. The number of aliphatic hydroxyl groups excluding tert-OH is 1. The molecular formula is C51H83N11O12. The van der Waals surface area contributed by atoms with Crippen LogP contribution in [-0.2, 0) is 54.4 Å². The van der Waals surface area contributed by atoms with E-state index in [-0.39, 0.29) is 25.3 Å². The summed E-state index contributed by atoms with van der Waals surface area (Å²) in [5.74, 6) is -10.7. The zero-order valence-electron chi connectivity index (χ0n) is 45.3. The number of para-hydroxylation sites is 1. The van der Waals surface area contributed by atoms with Crippen LogP contribution in [0, 0.1) is 35.5 Å². The van der Waals surface area contributed by atoms with Gasteiger partial charge in [-0.2, -0.15) is 0 Å². The fraction of sp³-hybridized carbons (Fsp3) is 0.647. The number of carboxylic acid groups (broad SMARTS) is 1. The smallest absolute Gasteiger partial charge is 0.325 e. The van der Waals surface area contributed by atoms with Crippen molar-refractivity contribution in [2.75, 3.05) is 6.54 Å². The number of hydrogen-bond donors (Lipinski definition) is 13. The number of aromatic amines is 1. The first kappa shape index (κ1) is 63.5. The van der Waals surface area contributed by atoms with Gasteiger partial charge >= 0.3 is 5.97 Å². The molecule has 1 heterocycles. The molecule has 74 heavy (non-hydrogen) atoms. The van der Waals surface area contributed by atoms with Gasteiger partial charge in [-0.25, -0.2) is 0 Å². The predicted octanol–water partition coefficient (Wildman–Crippen LogP) is -0.156. The van der Waals surface area contributed by atoms with Crippen LogP contribution in [0.25, 0.3) is 10.9 Å². The molecule has 11 atom stereocenters. The van der Waals surface area contributed by atoms with Gasteiger partial charge in [0.2, 0.25) is 53.2 Å². The van der Waals surface area contributed by atoms with Gasteiger partial charge < -0.3 is 68.8 Å². The van der Waals surface area contributed by atoms with Crippen LogP contribution >= 0.6 is 0 Å². The molecule has 414 valence electrons. The number of carboxylic acids is 1. The highest BCUT2D eigenvalue weighted by Crippen LogP contribution is 2.19. The van der Waals surface area contributed by atoms with Gasteiger partial charge in [0.15, 0.2) is 0 Å². The van der Waals surface area contributed by atoms with Crippen molar-refractivity contribution in [2.24, 2.45) is 41.2 Å². The Kier molecular flexibility index (Phi) is 25.2. The number of aromatic nitrogens is 1. The number of carbonyl (C=O) groups excluding carboxylic acids is 9. The Morgan fingerprint density at radius 2 is 0.946 bits per heavy atom. The summed E-state index contributed by atoms with van der Waals surface area (Å²) in [7, 11) is 0. The molecule has 0 aliphatic heterocycles. The minimum atomic E-state index is -1.53. The Morgan fingerprint density at radius 1 is 0.514 bits per heavy atom. The lowest BCUT2D eigenvalue weighted by Gasteiger charge is -2.29. The predicted molar refractivity (Wildman–Crippen MR) is 277 cm³/mol. The molecule has 0 aliphatic carbocycles. The van der Waals surface area contributed by atoms with Gasteiger partial charge in [-0.3, -0.25) is 47.9 Å². The minimum Gasteiger partial charge on any atom is -0.480 e. The van der Waals surface area contributed by atoms with E-state index in [0.717, 1.165) is 16.5 Å². The molecule has 0 aliphatic rings. The summed E-state index contributed by atoms with van der Waals surface area (Å²) in [6.07, 6.45) is 0.681. The maximum atomic E-state index is 13.8. The van der Waals surface area contributed by atoms with Crippen molar-refractivity contribution in [1.29, 1.82) is 0 Å². The van der Waals surface area contributed by atoms with Crippen molar-refractivity contribution < 1.29 is 58.2 Å². The van der Waals surface area contributed by atoms with Crippen molar-refractivity contribution in [3.05, 3.63) is 36.0 Å². The van der Waals surface area contributed by atoms with Crippen LogP contribution in [-0.4, -0.2) is 141 Å². The molecule has 23 nitrogen and oxygen atoms in total. The summed E-state index contributed by atoms with van der Waals surface area (Å²) in [4.78, 5) is 135. The summed E-state index contributed by atoms with van der Waals surface area (Å²) in [6, 6.07) is -3.12. The van der Waals surface area contributed by atoms with E-state index in [1.807, 2.05) is 38.1 Å². The molecule has 1 aromatic heterocycles. The van der Waals surface area contributed by atoms with Gasteiger partial charge in [-0.1, -0.05) is 94.4 Å². The number of aliphatic hydroxyl groups is 1. The average Bonchev–Trinajstić information content (AvgIpc) is 3.72. The van der Waals surface area contributed by atoms with Crippen LogP contribution in [0.4, 0.5) is 0 Å². The molecule has 11 unspecified atom stereocenters. The topological polar surface area (TPSA) is 361 Å². The highest BCUT2D eigenvalue weighted by atomic mass is 16.4. The molecule has 14 N–H and O–H groups in total. The van der Waals surface area contributed by atoms with Crippen LogP contribution in [0.5, 0.6) is 0 Å². The Morgan fingerprint density at radius 3 is 1.42 bits per heavy atom. The van der Waals surface area contributed by atoms with Crippen LogP contribution in [0.3, 0.4) is 0 Å². The van der Waals surface area contributed by atoms with Gasteiger partial charge in [0.25, 0.3) is 0 Å². The normalized spacial score (nSPS) is 16.1. The third-order valence-corrected chi connectivity index (χ3v) is 12.4. The Bertz CT molecular complexity index is 2280. The van der Waals surface area contributed by atoms with Gasteiger partial charge in [-0.15, -0.1) is 0 Å². The van der Waals surface area contributed by atoms with E-state index in [1.165, 1.54) is 27.7 Å². The molecule has 0 saturated carbocycles. The number of carbonyl (C=O) groups is 10. The van der Waals surface area contributed by atoms with Crippen LogP contribution in [0.15, 0.2) is 30.5 Å². The molecule has 0 bridgehead atoms. The molecule has 2 rings (SSSR count). The number of aliphatic carboxylic acids is 1. The lowest BCUT2D eigenvalue weighted by Crippen LogP contribution is -2.61. The Labute approximate surface area is 434 Å². The molecule has 0 spiro atoms. The number of nitrogens with two attached hydrogens (primary N) is 1. The molecule has 1 aromatic carbocycles. The SMILES string of the molecule is CC(C)CC(NC(=O)C(C)CNC(=O)C(NC(=O)C(NC(=O)C(NC(=O)C(N)Cc1c[nH]c2ccccc12)C(C)C)C(C)C)C(C)O)C(=O)NC(C(=O)NC(C)C(=O)NC(C(=O)NC(C)C(=O)O)C(C)C)C(C)C. The van der Waals surface area contributed by atoms with Gasteiger partial charge in [0, 0.05) is 23.6 Å². The summed E-state index contributed by atoms with van der Waals surface area (Å²) < 4.78 is 0. The molecule has 0 radical (unpaired) electrons. The maximum Gasteiger partial charge on any atom is 0.325 e. The van der Waals surface area contributed by atoms with E-state index in [4.69, 9.17) is 5.73 Å². The van der Waals surface area contributed by atoms with Crippen molar-refractivity contribution in [1.82, 2.24) is 52.8 Å². The van der Waals surface area contributed by atoms with E-state index < -0.39 is 149 Å². The third-order valence-electron chi connectivity index (χ3n) is 12.4. The number of amides is 9. The quantitative estimate of drug-likeness (QED) is 0.0505. The van der Waals surface area contributed by atoms with Gasteiger partial charge in [-0.05, 0) is 74.8 Å². The fourth-order valence-corrected chi connectivity index (χ4v) is 7.66. The van der Waals surface area contributed by atoms with Crippen LogP contribution in [0.1, 0.15) is 109 Å². The second kappa shape index (κ2) is 29.3. The zero-order valence-corrected chi connectivity index (χ0v) is 45.3. The van der Waals surface area contributed by atoms with Crippen molar-refractivity contribution in [3.8, 4) is 0 Å². The van der Waals surface area contributed by atoms with Crippen molar-refractivity contribution >= 4 is 70.0 Å². The fourth-order valence-electron chi connectivity index (χ4n) is 7.66. The average molecular weight is 1040 g/mol. The first-order chi connectivity index (χ1) is 34.4. The highest BCUT2D eigenvalue weighted by molar-refractivity contribution is 5.97. The lowest BCUT2D eigenvalue weighted by atomic mass is 9.98. The molecule has 0 fully saturated rings. The highest BCUT2D eigenvalue weighted by Gasteiger charge is 2.36. The largest absolute Gasteiger partial charge is 0.480 e. The van der Waals surface area contributed by atoms with E-state index in [0.29, 0.717) is 0 Å². The van der Waals surface area contributed by atoms with E-state index in [1.54, 1.807) is 61.6 Å². The van der Waals surface area contributed by atoms with Gasteiger partial charge in [0.1, 0.15) is 48.3 Å². The number of rotatable bonds is 29. The number of H-pyrrole nitrogens is 1. The van der Waals surface area contributed by atoms with Gasteiger partial charge in [0.05, 0.1) is 18.1 Å². The number of benzene rings is 1. The number of fused-ring (bicyclic) bond motifs is 1. The molecule has 2 aromatic rings. The van der Waals surface area contributed by atoms with E-state index in [2.05, 4.69) is 52.8 Å². The number of hydrogen-bond acceptors (Lipinski definition) is 12. The first-order valence-corrected chi connectivity index (χ1v) is 25.3. The Hall–Kier alpha value is -6.62. The second-order valence-corrected chi connectivity index (χ2v) is 21.0. The van der Waals surface area contributed by atoms with E-state index in [9.17, 15) is 58.2 Å². The van der Waals surface area contributed by atoms with Crippen molar-refractivity contribution in [3.63, 3.8) is 0 Å². The maximum absolute atomic E-state index is 13.8. The summed E-state index contributed by atoms with van der Waals surface area (Å²) >= 11 is 0. The van der Waals surface area contributed by atoms with Crippen molar-refractivity contribution in [2.45, 2.75) is 170 Å². The monoisotopic (exact) mass is 1040 g/mol. The number of nitrogens with one attached hydrogen (secondary N) is 10. The molecule has 9 amide bonds. The standard InChI is InChI=1S/C51H83N11O12/c1-23(2)19-36(45(67)60-38(25(5)6)47(69)55-29(12)43(65)58-37(24(3)4)48(70)56-30(13)51(73)74)57-42(64)28(11)21-54-46(68)41(31(14)63)62-50(72)40(27(9)10)61-49(71)39(26(7)8)59-44(66)34(52)20-32-22-53-35-18-16-15-17-33(32)35/h15-18,22-31,34,36-41,53,63H,19-21,52H2,1-14H3,(H,54,68)(H,55,69)(H,56,70)(H,57,64)(H,58,65)(H,59,66)(H,60,67)(H,61,71)(H,62,72)(H,73,74). The van der Waals surface area contributed by atoms with Crippen LogP contribution in [0.2, 0.25) is 0 Å². The summed E-state index contributed by atoms with van der Waals surface area (Å²) in [6.45, 7) is 22.1. The minimum absolute atomic E-state index is 0.120. The summed E-state index contributed by atoms with van der Waals surface area (Å²) in [5, 5.41) is 44.0. The van der Waals surface area contributed by atoms with E-state index >= 15 is 0 Å². The molecule has 0 saturated heterocycles. The Balaban J connectivity index is 2.08. The second-order valence-electron chi connectivity index (χ2n) is 21.0. The lowest BCUT2D eigenvalue weighted by molar-refractivity contribution is -0.142. The third kappa shape index (κ3) is 19.3. The van der Waals surface area contributed by atoms with Crippen LogP contribution < -0.4 is 53.6 Å². The summed E-state index contributed by atoms with van der Waals surface area (Å²) in [5.41, 5.74) is 8.01. The molecule has 23 heteroatoms. The first-order valence-electron chi connectivity index (χ1n) is 25.3. The molecular weight excluding hydrogens is 959 g/mol.